The molecule has 3 aromatic heterocycles. The summed E-state index contributed by atoms with van der Waals surface area (Å²) >= 11 is 0. The van der Waals surface area contributed by atoms with Crippen molar-refractivity contribution in [1.82, 2.24) is 24.7 Å². The summed E-state index contributed by atoms with van der Waals surface area (Å²) in [6, 6.07) is 7.57. The van der Waals surface area contributed by atoms with E-state index in [1.807, 2.05) is 6.07 Å². The minimum atomic E-state index is -3.44. The van der Waals surface area contributed by atoms with E-state index in [4.69, 9.17) is 0 Å². The van der Waals surface area contributed by atoms with E-state index < -0.39 is 22.0 Å². The van der Waals surface area contributed by atoms with Crippen LogP contribution < -0.4 is 0 Å². The minimum absolute atomic E-state index is 0.0492. The molecule has 0 aliphatic carbocycles. The Morgan fingerprint density at radius 3 is 2.87 bits per heavy atom. The van der Waals surface area contributed by atoms with E-state index in [9.17, 15) is 17.2 Å². The van der Waals surface area contributed by atoms with Gasteiger partial charge in [0.1, 0.15) is 12.0 Å². The lowest BCUT2D eigenvalue weighted by Crippen LogP contribution is -2.12. The van der Waals surface area contributed by atoms with Crippen molar-refractivity contribution in [2.24, 2.45) is 0 Å². The summed E-state index contributed by atoms with van der Waals surface area (Å²) in [5.41, 5.74) is 2.59. The fourth-order valence-electron chi connectivity index (χ4n) is 3.41. The first-order valence-electron chi connectivity index (χ1n) is 9.55. The lowest BCUT2D eigenvalue weighted by Gasteiger charge is -2.17. The van der Waals surface area contributed by atoms with E-state index in [-0.39, 0.29) is 17.1 Å². The van der Waals surface area contributed by atoms with Gasteiger partial charge in [-0.15, -0.1) is 0 Å². The Morgan fingerprint density at radius 1 is 1.26 bits per heavy atom. The van der Waals surface area contributed by atoms with Crippen LogP contribution in [0.5, 0.6) is 0 Å². The Morgan fingerprint density at radius 2 is 2.10 bits per heavy atom. The maximum Gasteiger partial charge on any atom is 0.266 e. The van der Waals surface area contributed by atoms with Crippen molar-refractivity contribution in [3.8, 4) is 11.3 Å². The van der Waals surface area contributed by atoms with E-state index in [0.717, 1.165) is 11.5 Å². The number of nitrogens with zero attached hydrogens (tertiary/aromatic N) is 4. The normalized spacial score (nSPS) is 12.7. The molecule has 0 spiro atoms. The van der Waals surface area contributed by atoms with Gasteiger partial charge in [-0.25, -0.2) is 18.4 Å². The number of sulfone groups is 1. The Kier molecular flexibility index (Phi) is 5.64. The molecule has 10 heteroatoms. The molecule has 1 aromatic carbocycles. The first kappa shape index (κ1) is 20.9. The fourth-order valence-corrected chi connectivity index (χ4v) is 4.35. The molecule has 1 N–H and O–H groups in total. The third kappa shape index (κ3) is 4.24. The number of hydrogen-bond acceptors (Lipinski definition) is 5. The molecule has 0 saturated heterocycles. The number of fused-ring (bicyclic) bond motifs is 1. The summed E-state index contributed by atoms with van der Waals surface area (Å²) in [4.78, 5) is 11.7. The van der Waals surface area contributed by atoms with Gasteiger partial charge in [-0.3, -0.25) is 4.68 Å². The number of H-pyrrole nitrogens is 1. The van der Waals surface area contributed by atoms with Gasteiger partial charge in [0.05, 0.1) is 28.6 Å². The highest BCUT2D eigenvalue weighted by atomic mass is 32.2. The van der Waals surface area contributed by atoms with Crippen LogP contribution in [0.15, 0.2) is 72.3 Å². The highest BCUT2D eigenvalue weighted by Crippen LogP contribution is 2.29. The molecule has 0 fully saturated rings. The monoisotopic (exact) mass is 443 g/mol. The molecule has 0 saturated carbocycles. The summed E-state index contributed by atoms with van der Waals surface area (Å²) < 4.78 is 51.9. The molecule has 0 amide bonds. The quantitative estimate of drug-likeness (QED) is 0.458. The van der Waals surface area contributed by atoms with E-state index >= 15 is 0 Å². The summed E-state index contributed by atoms with van der Waals surface area (Å²) in [7, 11) is -3.44. The zero-order valence-corrected chi connectivity index (χ0v) is 17.4. The van der Waals surface area contributed by atoms with Crippen molar-refractivity contribution >= 4 is 20.9 Å². The van der Waals surface area contributed by atoms with E-state index in [1.165, 1.54) is 18.5 Å². The van der Waals surface area contributed by atoms with Crippen LogP contribution in [0.3, 0.4) is 0 Å². The lowest BCUT2D eigenvalue weighted by atomic mass is 10.0. The van der Waals surface area contributed by atoms with E-state index in [1.54, 1.807) is 42.3 Å². The third-order valence-corrected chi connectivity index (χ3v) is 6.76. The second-order valence-electron chi connectivity index (χ2n) is 6.89. The van der Waals surface area contributed by atoms with Crippen LogP contribution in [-0.4, -0.2) is 38.9 Å². The molecule has 3 heterocycles. The maximum atomic E-state index is 12.9. The number of aromatic amines is 1. The molecule has 0 aliphatic heterocycles. The molecule has 0 radical (unpaired) electrons. The SMILES string of the molecule is CCS(=O)(=O)c1cccc(C(CC=C(F)F)n2cc(-c3ncnc4[nH]ccc34)cn2)c1. The van der Waals surface area contributed by atoms with Crippen LogP contribution in [0.4, 0.5) is 8.78 Å². The second-order valence-corrected chi connectivity index (χ2v) is 9.17. The van der Waals surface area contributed by atoms with Crippen molar-refractivity contribution in [2.45, 2.75) is 24.3 Å². The lowest BCUT2D eigenvalue weighted by molar-refractivity contribution is 0.411. The zero-order valence-electron chi connectivity index (χ0n) is 16.5. The molecule has 4 rings (SSSR count). The average molecular weight is 443 g/mol. The van der Waals surface area contributed by atoms with E-state index in [0.29, 0.717) is 22.5 Å². The molecular weight excluding hydrogens is 424 g/mol. The van der Waals surface area contributed by atoms with Gasteiger partial charge in [0.25, 0.3) is 6.08 Å². The molecular formula is C21H19F2N5O2S. The molecule has 4 aromatic rings. The molecule has 0 aliphatic rings. The maximum absolute atomic E-state index is 12.9. The molecule has 31 heavy (non-hydrogen) atoms. The average Bonchev–Trinajstić information content (AvgIpc) is 3.43. The Bertz CT molecular complexity index is 1360. The van der Waals surface area contributed by atoms with Crippen LogP contribution in [0, 0.1) is 0 Å². The van der Waals surface area contributed by atoms with Gasteiger partial charge < -0.3 is 4.98 Å². The number of nitrogens with one attached hydrogen (secondary N) is 1. The molecule has 7 nitrogen and oxygen atoms in total. The zero-order chi connectivity index (χ0) is 22.0. The fraction of sp³-hybridized carbons (Fsp3) is 0.190. The van der Waals surface area contributed by atoms with Gasteiger partial charge in [-0.2, -0.15) is 13.9 Å². The van der Waals surface area contributed by atoms with Crippen LogP contribution in [0.1, 0.15) is 24.9 Å². The van der Waals surface area contributed by atoms with Crippen molar-refractivity contribution in [3.05, 3.63) is 73.0 Å². The third-order valence-electron chi connectivity index (χ3n) is 5.03. The number of benzene rings is 1. The summed E-state index contributed by atoms with van der Waals surface area (Å²) in [5.74, 6) is -0.0492. The Labute approximate surface area is 177 Å². The van der Waals surface area contributed by atoms with Crippen LogP contribution in [0.25, 0.3) is 22.3 Å². The summed E-state index contributed by atoms with van der Waals surface area (Å²) in [6.07, 6.45) is 5.45. The number of hydrogen-bond donors (Lipinski definition) is 1. The van der Waals surface area contributed by atoms with Crippen molar-refractivity contribution in [2.75, 3.05) is 5.75 Å². The highest BCUT2D eigenvalue weighted by Gasteiger charge is 2.19. The molecule has 1 unspecified atom stereocenters. The standard InChI is InChI=1S/C21H19F2N5O2S/c1-2-31(29,30)16-5-3-4-14(10-16)18(6-7-19(22)23)28-12-15(11-27-28)20-17-8-9-24-21(17)26-13-25-20/h3-5,7-13,18H,2,6H2,1H3,(H,24,25,26). The van der Waals surface area contributed by atoms with Crippen molar-refractivity contribution < 1.29 is 17.2 Å². The number of aromatic nitrogens is 5. The first-order chi connectivity index (χ1) is 14.9. The predicted octanol–water partition coefficient (Wildman–Crippen LogP) is 4.37. The van der Waals surface area contributed by atoms with Gasteiger partial charge in [0, 0.05) is 23.3 Å². The Balaban J connectivity index is 1.77. The number of halogens is 2. The van der Waals surface area contributed by atoms with Gasteiger partial charge in [-0.1, -0.05) is 19.1 Å². The van der Waals surface area contributed by atoms with Crippen LogP contribution in [-0.2, 0) is 9.84 Å². The van der Waals surface area contributed by atoms with Crippen LogP contribution >= 0.6 is 0 Å². The molecule has 160 valence electrons. The Hall–Kier alpha value is -3.40. The van der Waals surface area contributed by atoms with Crippen molar-refractivity contribution in [1.29, 1.82) is 0 Å². The van der Waals surface area contributed by atoms with E-state index in [2.05, 4.69) is 20.1 Å². The molecule has 0 bridgehead atoms. The van der Waals surface area contributed by atoms with Gasteiger partial charge in [0.15, 0.2) is 9.84 Å². The second kappa shape index (κ2) is 8.38. The smallest absolute Gasteiger partial charge is 0.266 e. The highest BCUT2D eigenvalue weighted by molar-refractivity contribution is 7.91. The van der Waals surface area contributed by atoms with Crippen molar-refractivity contribution in [3.63, 3.8) is 0 Å². The first-order valence-corrected chi connectivity index (χ1v) is 11.2. The predicted molar refractivity (Wildman–Crippen MR) is 112 cm³/mol. The van der Waals surface area contributed by atoms with Crippen LogP contribution in [0.2, 0.25) is 0 Å². The number of rotatable bonds is 7. The topological polar surface area (TPSA) is 93.5 Å². The summed E-state index contributed by atoms with van der Waals surface area (Å²) in [6.45, 7) is 1.56. The van der Waals surface area contributed by atoms with Gasteiger partial charge in [-0.05, 0) is 36.3 Å². The molecule has 1 atom stereocenters. The summed E-state index contributed by atoms with van der Waals surface area (Å²) in [5, 5.41) is 5.18. The number of allylic oxidation sites excluding steroid dienone is 1. The van der Waals surface area contributed by atoms with Gasteiger partial charge >= 0.3 is 0 Å². The minimum Gasteiger partial charge on any atom is -0.346 e. The van der Waals surface area contributed by atoms with Gasteiger partial charge in [0.2, 0.25) is 0 Å². The largest absolute Gasteiger partial charge is 0.346 e.